The number of benzene rings is 1. The first-order valence-electron chi connectivity index (χ1n) is 6.40. The molecule has 0 radical (unpaired) electrons. The third kappa shape index (κ3) is 2.34. The second-order valence-corrected chi connectivity index (χ2v) is 6.08. The van der Waals surface area contributed by atoms with Crippen LogP contribution in [0.25, 0.3) is 0 Å². The Morgan fingerprint density at radius 2 is 1.76 bits per heavy atom. The molecule has 6 heteroatoms. The van der Waals surface area contributed by atoms with E-state index in [1.165, 1.54) is 10.6 Å². The Kier molecular flexibility index (Phi) is 3.30. The van der Waals surface area contributed by atoms with Crippen molar-refractivity contribution in [2.24, 2.45) is 0 Å². The molecule has 0 bridgehead atoms. The van der Waals surface area contributed by atoms with Crippen LogP contribution in [-0.4, -0.2) is 10.5 Å². The molecule has 1 aliphatic heterocycles. The summed E-state index contributed by atoms with van der Waals surface area (Å²) < 4.78 is 1.42. The molecule has 1 aromatic carbocycles. The van der Waals surface area contributed by atoms with E-state index >= 15 is 0 Å². The van der Waals surface area contributed by atoms with Crippen molar-refractivity contribution in [2.75, 3.05) is 0 Å². The first kappa shape index (κ1) is 14.2. The Balaban J connectivity index is 2.08. The summed E-state index contributed by atoms with van der Waals surface area (Å²) in [7, 11) is 0. The topological polar surface area (TPSA) is 51.1 Å². The summed E-state index contributed by atoms with van der Waals surface area (Å²) in [6.45, 7) is 1.80. The number of carbonyl (C=O) groups is 1. The number of hydrogen-bond acceptors (Lipinski definition) is 2. The quantitative estimate of drug-likeness (QED) is 0.924. The zero-order valence-corrected chi connectivity index (χ0v) is 12.7. The molecule has 1 atom stereocenters. The van der Waals surface area contributed by atoms with Gasteiger partial charge in [0.1, 0.15) is 16.4 Å². The summed E-state index contributed by atoms with van der Waals surface area (Å²) in [6.07, 6.45) is 0.461. The molecule has 108 valence electrons. The highest BCUT2D eigenvalue weighted by molar-refractivity contribution is 6.30. The SMILES string of the molecule is CC1(Cc2ccc(Cl)cc2)NC(=O)c2ccc(Cl)c(=O)n21. The Morgan fingerprint density at radius 1 is 1.10 bits per heavy atom. The van der Waals surface area contributed by atoms with E-state index in [0.29, 0.717) is 17.1 Å². The van der Waals surface area contributed by atoms with Crippen LogP contribution in [0.5, 0.6) is 0 Å². The Labute approximate surface area is 131 Å². The highest BCUT2D eigenvalue weighted by Gasteiger charge is 2.39. The molecule has 0 fully saturated rings. The van der Waals surface area contributed by atoms with Crippen LogP contribution < -0.4 is 10.9 Å². The van der Waals surface area contributed by atoms with Gasteiger partial charge in [0.05, 0.1) is 0 Å². The van der Waals surface area contributed by atoms with Gasteiger partial charge < -0.3 is 5.32 Å². The van der Waals surface area contributed by atoms with Gasteiger partial charge in [0.2, 0.25) is 0 Å². The smallest absolute Gasteiger partial charge is 0.271 e. The summed E-state index contributed by atoms with van der Waals surface area (Å²) in [5, 5.41) is 3.59. The van der Waals surface area contributed by atoms with Crippen LogP contribution in [0.3, 0.4) is 0 Å². The van der Waals surface area contributed by atoms with Gasteiger partial charge in [-0.2, -0.15) is 0 Å². The molecule has 0 saturated carbocycles. The molecule has 4 nitrogen and oxygen atoms in total. The number of nitrogens with zero attached hydrogens (tertiary/aromatic N) is 1. The molecular formula is C15H12Cl2N2O2. The highest BCUT2D eigenvalue weighted by Crippen LogP contribution is 2.26. The lowest BCUT2D eigenvalue weighted by molar-refractivity contribution is 0.0927. The second-order valence-electron chi connectivity index (χ2n) is 5.24. The van der Waals surface area contributed by atoms with E-state index in [1.807, 2.05) is 12.1 Å². The van der Waals surface area contributed by atoms with Crippen LogP contribution in [0.2, 0.25) is 10.0 Å². The molecule has 2 aromatic rings. The van der Waals surface area contributed by atoms with E-state index < -0.39 is 5.66 Å². The van der Waals surface area contributed by atoms with Gasteiger partial charge in [-0.05, 0) is 36.8 Å². The summed E-state index contributed by atoms with van der Waals surface area (Å²) in [5.41, 5.74) is 0.0640. The van der Waals surface area contributed by atoms with Crippen molar-refractivity contribution >= 4 is 29.1 Å². The summed E-state index contributed by atoms with van der Waals surface area (Å²) in [4.78, 5) is 24.3. The van der Waals surface area contributed by atoms with Gasteiger partial charge in [-0.25, -0.2) is 0 Å². The average Bonchev–Trinajstić information content (AvgIpc) is 2.68. The third-order valence-corrected chi connectivity index (χ3v) is 4.15. The summed E-state index contributed by atoms with van der Waals surface area (Å²) >= 11 is 11.8. The molecule has 2 heterocycles. The third-order valence-electron chi connectivity index (χ3n) is 3.61. The van der Waals surface area contributed by atoms with Crippen LogP contribution in [0, 0.1) is 0 Å². The minimum atomic E-state index is -0.845. The molecular weight excluding hydrogens is 311 g/mol. The normalized spacial score (nSPS) is 20.2. The van der Waals surface area contributed by atoms with Gasteiger partial charge in [0.15, 0.2) is 0 Å². The molecule has 3 rings (SSSR count). The van der Waals surface area contributed by atoms with Gasteiger partial charge in [0, 0.05) is 11.4 Å². The first-order chi connectivity index (χ1) is 9.90. The molecule has 21 heavy (non-hydrogen) atoms. The fraction of sp³-hybridized carbons (Fsp3) is 0.200. The standard InChI is InChI=1S/C15H12Cl2N2O2/c1-15(8-9-2-4-10(16)5-3-9)18-13(20)12-7-6-11(17)14(21)19(12)15/h2-7H,8H2,1H3,(H,18,20). The minimum Gasteiger partial charge on any atom is -0.327 e. The summed E-state index contributed by atoms with van der Waals surface area (Å²) in [6, 6.07) is 10.3. The predicted octanol–water partition coefficient (Wildman–Crippen LogP) is 2.81. The van der Waals surface area contributed by atoms with Gasteiger partial charge in [-0.3, -0.25) is 14.2 Å². The molecule has 1 unspecified atom stereocenters. The molecule has 1 amide bonds. The maximum absolute atomic E-state index is 12.3. The van der Waals surface area contributed by atoms with Crippen molar-refractivity contribution in [2.45, 2.75) is 19.0 Å². The van der Waals surface area contributed by atoms with Crippen LogP contribution >= 0.6 is 23.2 Å². The maximum atomic E-state index is 12.3. The van der Waals surface area contributed by atoms with Gasteiger partial charge in [-0.15, -0.1) is 0 Å². The number of carbonyl (C=O) groups excluding carboxylic acids is 1. The summed E-state index contributed by atoms with van der Waals surface area (Å²) in [5.74, 6) is -0.278. The fourth-order valence-corrected chi connectivity index (χ4v) is 2.94. The largest absolute Gasteiger partial charge is 0.327 e. The van der Waals surface area contributed by atoms with Crippen molar-refractivity contribution in [3.05, 3.63) is 68.1 Å². The van der Waals surface area contributed by atoms with Gasteiger partial charge >= 0.3 is 0 Å². The minimum absolute atomic E-state index is 0.0950. The Hall–Kier alpha value is -1.78. The molecule has 1 N–H and O–H groups in total. The molecule has 1 aromatic heterocycles. The second kappa shape index (κ2) is 4.90. The number of aromatic nitrogens is 1. The average molecular weight is 323 g/mol. The van der Waals surface area contributed by atoms with E-state index in [0.717, 1.165) is 5.56 Å². The number of hydrogen-bond donors (Lipinski definition) is 1. The van der Waals surface area contributed by atoms with E-state index in [4.69, 9.17) is 23.2 Å². The lowest BCUT2D eigenvalue weighted by Gasteiger charge is -2.27. The van der Waals surface area contributed by atoms with Crippen molar-refractivity contribution in [1.82, 2.24) is 9.88 Å². The van der Waals surface area contributed by atoms with E-state index in [9.17, 15) is 9.59 Å². The van der Waals surface area contributed by atoms with Gasteiger partial charge in [0.25, 0.3) is 11.5 Å². The highest BCUT2D eigenvalue weighted by atomic mass is 35.5. The number of halogens is 2. The molecule has 0 aliphatic carbocycles. The molecule has 0 spiro atoms. The monoisotopic (exact) mass is 322 g/mol. The first-order valence-corrected chi connectivity index (χ1v) is 7.15. The fourth-order valence-electron chi connectivity index (χ4n) is 2.67. The number of pyridine rings is 1. The van der Waals surface area contributed by atoms with Crippen molar-refractivity contribution in [3.63, 3.8) is 0 Å². The van der Waals surface area contributed by atoms with Crippen LogP contribution in [-0.2, 0) is 12.1 Å². The number of rotatable bonds is 2. The van der Waals surface area contributed by atoms with E-state index in [-0.39, 0.29) is 16.5 Å². The zero-order chi connectivity index (χ0) is 15.2. The number of fused-ring (bicyclic) bond motifs is 1. The van der Waals surface area contributed by atoms with Crippen LogP contribution in [0.4, 0.5) is 0 Å². The lowest BCUT2D eigenvalue weighted by atomic mass is 10.0. The zero-order valence-electron chi connectivity index (χ0n) is 11.2. The van der Waals surface area contributed by atoms with Crippen molar-refractivity contribution < 1.29 is 4.79 Å². The lowest BCUT2D eigenvalue weighted by Crippen LogP contribution is -2.46. The number of amides is 1. The molecule has 1 aliphatic rings. The van der Waals surface area contributed by atoms with Gasteiger partial charge in [-0.1, -0.05) is 35.3 Å². The molecule has 0 saturated heterocycles. The number of nitrogens with one attached hydrogen (secondary N) is 1. The Bertz CT molecular complexity index is 783. The van der Waals surface area contributed by atoms with E-state index in [2.05, 4.69) is 5.32 Å². The van der Waals surface area contributed by atoms with Crippen LogP contribution in [0.1, 0.15) is 23.0 Å². The van der Waals surface area contributed by atoms with Crippen molar-refractivity contribution in [3.8, 4) is 0 Å². The Morgan fingerprint density at radius 3 is 2.43 bits per heavy atom. The predicted molar refractivity (Wildman–Crippen MR) is 82.0 cm³/mol. The van der Waals surface area contributed by atoms with Crippen LogP contribution in [0.15, 0.2) is 41.2 Å². The van der Waals surface area contributed by atoms with E-state index in [1.54, 1.807) is 25.1 Å². The van der Waals surface area contributed by atoms with Crippen molar-refractivity contribution in [1.29, 1.82) is 0 Å². The maximum Gasteiger partial charge on any atom is 0.271 e.